The molecular formula is C12H21N3O3S2. The van der Waals surface area contributed by atoms with Crippen LogP contribution in [-0.2, 0) is 14.8 Å². The van der Waals surface area contributed by atoms with Crippen molar-refractivity contribution in [3.05, 3.63) is 5.69 Å². The molecule has 1 saturated heterocycles. The van der Waals surface area contributed by atoms with Crippen LogP contribution in [0.4, 0.5) is 5.13 Å². The van der Waals surface area contributed by atoms with Gasteiger partial charge in [0.15, 0.2) is 9.34 Å². The molecule has 1 aromatic heterocycles. The first-order valence-corrected chi connectivity index (χ1v) is 8.62. The summed E-state index contributed by atoms with van der Waals surface area (Å²) in [7, 11) is -3.58. The van der Waals surface area contributed by atoms with E-state index < -0.39 is 21.2 Å². The fourth-order valence-corrected chi connectivity index (χ4v) is 5.82. The predicted octanol–water partition coefficient (Wildman–Crippen LogP) is 1.61. The summed E-state index contributed by atoms with van der Waals surface area (Å²) in [4.78, 5) is 4.00. The van der Waals surface area contributed by atoms with Gasteiger partial charge in [-0.25, -0.2) is 13.4 Å². The van der Waals surface area contributed by atoms with Crippen molar-refractivity contribution >= 4 is 26.5 Å². The molecule has 0 spiro atoms. The third-order valence-electron chi connectivity index (χ3n) is 3.01. The van der Waals surface area contributed by atoms with E-state index in [-0.39, 0.29) is 9.34 Å². The van der Waals surface area contributed by atoms with E-state index in [1.54, 1.807) is 6.92 Å². The van der Waals surface area contributed by atoms with E-state index in [1.807, 2.05) is 27.7 Å². The van der Waals surface area contributed by atoms with Gasteiger partial charge in [0.05, 0.1) is 16.9 Å². The van der Waals surface area contributed by atoms with Crippen LogP contribution >= 0.6 is 11.3 Å². The Morgan fingerprint density at radius 1 is 1.25 bits per heavy atom. The lowest BCUT2D eigenvalue weighted by atomic mass is 10.0. The number of hydrogen-bond acceptors (Lipinski definition) is 6. The first-order chi connectivity index (χ1) is 8.93. The highest BCUT2D eigenvalue weighted by molar-refractivity contribution is 7.91. The van der Waals surface area contributed by atoms with E-state index in [9.17, 15) is 8.42 Å². The van der Waals surface area contributed by atoms with Crippen LogP contribution in [0, 0.1) is 6.92 Å². The molecule has 1 fully saturated rings. The van der Waals surface area contributed by atoms with Gasteiger partial charge in [0.1, 0.15) is 0 Å². The number of anilines is 1. The highest BCUT2D eigenvalue weighted by Gasteiger charge is 2.44. The van der Waals surface area contributed by atoms with Crippen molar-refractivity contribution < 1.29 is 13.2 Å². The van der Waals surface area contributed by atoms with Gasteiger partial charge in [-0.1, -0.05) is 11.3 Å². The van der Waals surface area contributed by atoms with Gasteiger partial charge in [-0.3, -0.25) is 0 Å². The number of aromatic nitrogens is 1. The molecule has 2 rings (SSSR count). The SMILES string of the molecule is Cc1nc(N)sc1S(=O)(=O)N1CC(C)(C)OC(C)(C)C1. The number of sulfonamides is 1. The van der Waals surface area contributed by atoms with Gasteiger partial charge in [-0.05, 0) is 34.6 Å². The van der Waals surface area contributed by atoms with Crippen LogP contribution in [0.15, 0.2) is 4.21 Å². The van der Waals surface area contributed by atoms with Crippen LogP contribution in [0.5, 0.6) is 0 Å². The summed E-state index contributed by atoms with van der Waals surface area (Å²) in [5, 5.41) is 0.271. The summed E-state index contributed by atoms with van der Waals surface area (Å²) >= 11 is 1.01. The van der Waals surface area contributed by atoms with Gasteiger partial charge in [0.25, 0.3) is 10.0 Å². The van der Waals surface area contributed by atoms with Crippen LogP contribution in [0.25, 0.3) is 0 Å². The van der Waals surface area contributed by atoms with Crippen LogP contribution in [0.1, 0.15) is 33.4 Å². The summed E-state index contributed by atoms with van der Waals surface area (Å²) < 4.78 is 33.2. The Kier molecular flexibility index (Phi) is 3.65. The molecule has 0 unspecified atom stereocenters. The van der Waals surface area contributed by atoms with Gasteiger partial charge in [-0.2, -0.15) is 4.31 Å². The van der Waals surface area contributed by atoms with E-state index in [4.69, 9.17) is 10.5 Å². The first-order valence-electron chi connectivity index (χ1n) is 6.36. The molecule has 1 aromatic rings. The average Bonchev–Trinajstić information content (AvgIpc) is 2.53. The van der Waals surface area contributed by atoms with Crippen LogP contribution in [0.2, 0.25) is 0 Å². The maximum absolute atomic E-state index is 12.8. The molecule has 6 nitrogen and oxygen atoms in total. The quantitative estimate of drug-likeness (QED) is 0.895. The molecule has 2 N–H and O–H groups in total. The molecule has 20 heavy (non-hydrogen) atoms. The first kappa shape index (κ1) is 15.7. The lowest BCUT2D eigenvalue weighted by Gasteiger charge is -2.46. The normalized spacial score (nSPS) is 22.9. The average molecular weight is 319 g/mol. The highest BCUT2D eigenvalue weighted by Crippen LogP contribution is 2.34. The van der Waals surface area contributed by atoms with Crippen molar-refractivity contribution in [2.24, 2.45) is 0 Å². The Balaban J connectivity index is 2.42. The van der Waals surface area contributed by atoms with Crippen molar-refractivity contribution in [2.45, 2.75) is 50.0 Å². The summed E-state index contributed by atoms with van der Waals surface area (Å²) in [6.45, 7) is 9.87. The van der Waals surface area contributed by atoms with Gasteiger partial charge < -0.3 is 10.5 Å². The third kappa shape index (κ3) is 2.98. The molecule has 8 heteroatoms. The van der Waals surface area contributed by atoms with Gasteiger partial charge in [-0.15, -0.1) is 0 Å². The minimum absolute atomic E-state index is 0.225. The Labute approximate surface area is 124 Å². The minimum atomic E-state index is -3.58. The number of nitrogen functional groups attached to an aromatic ring is 1. The van der Waals surface area contributed by atoms with E-state index in [0.29, 0.717) is 18.8 Å². The van der Waals surface area contributed by atoms with E-state index in [0.717, 1.165) is 11.3 Å². The predicted molar refractivity (Wildman–Crippen MR) is 79.3 cm³/mol. The largest absolute Gasteiger partial charge is 0.375 e. The molecule has 114 valence electrons. The zero-order chi connectivity index (χ0) is 15.3. The van der Waals surface area contributed by atoms with Crippen molar-refractivity contribution in [1.82, 2.24) is 9.29 Å². The van der Waals surface area contributed by atoms with E-state index >= 15 is 0 Å². The number of hydrogen-bond donors (Lipinski definition) is 1. The summed E-state index contributed by atoms with van der Waals surface area (Å²) in [5.41, 5.74) is 5.01. The molecule has 0 saturated carbocycles. The second kappa shape index (κ2) is 4.66. The van der Waals surface area contributed by atoms with Crippen LogP contribution in [-0.4, -0.2) is 42.0 Å². The smallest absolute Gasteiger partial charge is 0.254 e. The van der Waals surface area contributed by atoms with Crippen molar-refractivity contribution in [1.29, 1.82) is 0 Å². The number of aryl methyl sites for hydroxylation is 1. The topological polar surface area (TPSA) is 85.5 Å². The minimum Gasteiger partial charge on any atom is -0.375 e. The molecular weight excluding hydrogens is 298 g/mol. The fraction of sp³-hybridized carbons (Fsp3) is 0.750. The van der Waals surface area contributed by atoms with Crippen LogP contribution in [0.3, 0.4) is 0 Å². The fourth-order valence-electron chi connectivity index (χ4n) is 2.65. The van der Waals surface area contributed by atoms with Crippen molar-refractivity contribution in [3.63, 3.8) is 0 Å². The monoisotopic (exact) mass is 319 g/mol. The number of nitrogens with two attached hydrogens (primary N) is 1. The Morgan fingerprint density at radius 2 is 1.75 bits per heavy atom. The standard InChI is InChI=1S/C12H21N3O3S2/c1-8-9(19-10(13)14-8)20(16,17)15-6-11(2,3)18-12(4,5)7-15/h6-7H2,1-5H3,(H2,13,14). The molecule has 0 aromatic carbocycles. The molecule has 0 amide bonds. The molecule has 1 aliphatic rings. The van der Waals surface area contributed by atoms with Gasteiger partial charge in [0, 0.05) is 13.1 Å². The van der Waals surface area contributed by atoms with Crippen LogP contribution < -0.4 is 5.73 Å². The van der Waals surface area contributed by atoms with Gasteiger partial charge in [0.2, 0.25) is 0 Å². The van der Waals surface area contributed by atoms with Crippen molar-refractivity contribution in [3.8, 4) is 0 Å². The Hall–Kier alpha value is -0.700. The molecule has 0 atom stereocenters. The number of morpholine rings is 1. The van der Waals surface area contributed by atoms with E-state index in [2.05, 4.69) is 4.98 Å². The molecule has 1 aliphatic heterocycles. The number of ether oxygens (including phenoxy) is 1. The maximum Gasteiger partial charge on any atom is 0.254 e. The third-order valence-corrected chi connectivity index (χ3v) is 6.38. The number of thiazole rings is 1. The molecule has 0 radical (unpaired) electrons. The summed E-state index contributed by atoms with van der Waals surface area (Å²) in [6, 6.07) is 0. The zero-order valence-corrected chi connectivity index (χ0v) is 14.1. The number of rotatable bonds is 2. The Bertz CT molecular complexity index is 604. The van der Waals surface area contributed by atoms with Gasteiger partial charge >= 0.3 is 0 Å². The summed E-state index contributed by atoms with van der Waals surface area (Å²) in [6.07, 6.45) is 0. The second-order valence-corrected chi connectivity index (χ2v) is 9.48. The molecule has 0 bridgehead atoms. The molecule has 0 aliphatic carbocycles. The lowest BCUT2D eigenvalue weighted by Crippen LogP contribution is -2.58. The zero-order valence-electron chi connectivity index (χ0n) is 12.4. The van der Waals surface area contributed by atoms with Crippen molar-refractivity contribution in [2.75, 3.05) is 18.8 Å². The summed E-state index contributed by atoms with van der Waals surface area (Å²) in [5.74, 6) is 0. The lowest BCUT2D eigenvalue weighted by molar-refractivity contribution is -0.163. The number of nitrogens with zero attached hydrogens (tertiary/aromatic N) is 2. The maximum atomic E-state index is 12.8. The highest BCUT2D eigenvalue weighted by atomic mass is 32.2. The molecule has 2 heterocycles. The Morgan fingerprint density at radius 3 is 2.15 bits per heavy atom. The second-order valence-electron chi connectivity index (χ2n) is 6.32. The van der Waals surface area contributed by atoms with E-state index in [1.165, 1.54) is 4.31 Å².